The lowest BCUT2D eigenvalue weighted by Crippen LogP contribution is -1.97. The molecule has 2 heterocycles. The molecule has 0 aliphatic heterocycles. The summed E-state index contributed by atoms with van der Waals surface area (Å²) in [6.45, 7) is 3.68. The molecule has 0 fully saturated rings. The molecule has 2 rings (SSSR count). The molecule has 0 unspecified atom stereocenters. The summed E-state index contributed by atoms with van der Waals surface area (Å²) in [7, 11) is 0. The van der Waals surface area contributed by atoms with Crippen molar-refractivity contribution in [2.24, 2.45) is 0 Å². The third kappa shape index (κ3) is 1.94. The monoisotopic (exact) mass is 220 g/mol. The molecule has 0 saturated heterocycles. The zero-order chi connectivity index (χ0) is 10.8. The van der Waals surface area contributed by atoms with E-state index >= 15 is 0 Å². The Hall–Kier alpha value is -1.55. The van der Waals surface area contributed by atoms with E-state index in [1.165, 1.54) is 6.33 Å². The minimum Gasteiger partial charge on any atom is -0.244 e. The zero-order valence-corrected chi connectivity index (χ0v) is 9.15. The van der Waals surface area contributed by atoms with Gasteiger partial charge in [-0.05, 0) is 13.8 Å². The van der Waals surface area contributed by atoms with Gasteiger partial charge in [0.25, 0.3) is 0 Å². The molecule has 4 nitrogen and oxygen atoms in total. The Morgan fingerprint density at radius 1 is 1.07 bits per heavy atom. The molecule has 0 atom stereocenters. The van der Waals surface area contributed by atoms with E-state index < -0.39 is 0 Å². The van der Waals surface area contributed by atoms with Crippen molar-refractivity contribution in [1.82, 2.24) is 19.9 Å². The first-order valence-corrected chi connectivity index (χ1v) is 4.82. The fourth-order valence-corrected chi connectivity index (χ4v) is 1.51. The summed E-state index contributed by atoms with van der Waals surface area (Å²) in [5.74, 6) is 0.643. The quantitative estimate of drug-likeness (QED) is 0.692. The lowest BCUT2D eigenvalue weighted by molar-refractivity contribution is 1.03. The van der Waals surface area contributed by atoms with E-state index in [1.54, 1.807) is 19.3 Å². The Balaban J connectivity index is 2.63. The second-order valence-electron chi connectivity index (χ2n) is 3.16. The third-order valence-corrected chi connectivity index (χ3v) is 2.40. The van der Waals surface area contributed by atoms with Crippen LogP contribution < -0.4 is 0 Å². The molecular formula is C10H9ClN4. The van der Waals surface area contributed by atoms with Crippen LogP contribution in [0.2, 0.25) is 5.15 Å². The van der Waals surface area contributed by atoms with Crippen LogP contribution in [0.1, 0.15) is 11.4 Å². The van der Waals surface area contributed by atoms with Gasteiger partial charge in [-0.25, -0.2) is 19.9 Å². The molecule has 0 N–H and O–H groups in total. The molecule has 0 radical (unpaired) electrons. The molecule has 0 aliphatic rings. The van der Waals surface area contributed by atoms with Gasteiger partial charge in [-0.3, -0.25) is 0 Å². The highest BCUT2D eigenvalue weighted by atomic mass is 35.5. The van der Waals surface area contributed by atoms with Gasteiger partial charge in [-0.2, -0.15) is 0 Å². The zero-order valence-electron chi connectivity index (χ0n) is 8.40. The molecule has 2 aromatic heterocycles. The van der Waals surface area contributed by atoms with Crippen molar-refractivity contribution in [2.45, 2.75) is 13.8 Å². The van der Waals surface area contributed by atoms with E-state index in [-0.39, 0.29) is 0 Å². The number of aryl methyl sites for hydroxylation is 1. The van der Waals surface area contributed by atoms with Crippen LogP contribution in [0, 0.1) is 13.8 Å². The molecule has 0 amide bonds. The van der Waals surface area contributed by atoms with Crippen LogP contribution >= 0.6 is 11.6 Å². The highest BCUT2D eigenvalue weighted by molar-refractivity contribution is 6.30. The average Bonchev–Trinajstić information content (AvgIpc) is 2.24. The third-order valence-electron chi connectivity index (χ3n) is 2.03. The number of hydrogen-bond acceptors (Lipinski definition) is 4. The predicted octanol–water partition coefficient (Wildman–Crippen LogP) is 2.20. The van der Waals surface area contributed by atoms with Crippen LogP contribution in [-0.2, 0) is 0 Å². The van der Waals surface area contributed by atoms with Gasteiger partial charge in [0.2, 0.25) is 0 Å². The fraction of sp³-hybridized carbons (Fsp3) is 0.200. The van der Waals surface area contributed by atoms with E-state index in [4.69, 9.17) is 11.6 Å². The number of nitrogens with zero attached hydrogens (tertiary/aromatic N) is 4. The summed E-state index contributed by atoms with van der Waals surface area (Å²) >= 11 is 5.98. The van der Waals surface area contributed by atoms with Crippen LogP contribution in [0.5, 0.6) is 0 Å². The number of halogens is 1. The van der Waals surface area contributed by atoms with Crippen LogP contribution in [0.25, 0.3) is 11.3 Å². The lowest BCUT2D eigenvalue weighted by atomic mass is 10.1. The predicted molar refractivity (Wildman–Crippen MR) is 57.5 cm³/mol. The van der Waals surface area contributed by atoms with Gasteiger partial charge in [-0.1, -0.05) is 11.6 Å². The Morgan fingerprint density at radius 3 is 2.40 bits per heavy atom. The minimum absolute atomic E-state index is 0.473. The molecule has 0 spiro atoms. The van der Waals surface area contributed by atoms with Crippen molar-refractivity contribution < 1.29 is 0 Å². The summed E-state index contributed by atoms with van der Waals surface area (Å²) in [5.41, 5.74) is 2.48. The van der Waals surface area contributed by atoms with Crippen molar-refractivity contribution in [1.29, 1.82) is 0 Å². The number of hydrogen-bond donors (Lipinski definition) is 0. The Kier molecular flexibility index (Phi) is 2.60. The standard InChI is InChI=1S/C10H9ClN4/c1-6-9(8-3-12-5-13-4-8)14-7(2)15-10(6)11/h3-5H,1-2H3. The number of rotatable bonds is 1. The molecule has 76 valence electrons. The minimum atomic E-state index is 0.473. The summed E-state index contributed by atoms with van der Waals surface area (Å²) in [6.07, 6.45) is 4.89. The first kappa shape index (κ1) is 9.98. The second-order valence-corrected chi connectivity index (χ2v) is 3.52. The van der Waals surface area contributed by atoms with Gasteiger partial charge in [0.1, 0.15) is 17.3 Å². The molecule has 15 heavy (non-hydrogen) atoms. The van der Waals surface area contributed by atoms with Crippen molar-refractivity contribution in [3.63, 3.8) is 0 Å². The first-order chi connectivity index (χ1) is 7.18. The van der Waals surface area contributed by atoms with E-state index in [0.29, 0.717) is 11.0 Å². The van der Waals surface area contributed by atoms with Crippen LogP contribution in [-0.4, -0.2) is 19.9 Å². The van der Waals surface area contributed by atoms with Gasteiger partial charge in [0, 0.05) is 23.5 Å². The van der Waals surface area contributed by atoms with Crippen molar-refractivity contribution in [2.75, 3.05) is 0 Å². The van der Waals surface area contributed by atoms with Crippen LogP contribution in [0.15, 0.2) is 18.7 Å². The lowest BCUT2D eigenvalue weighted by Gasteiger charge is -2.06. The first-order valence-electron chi connectivity index (χ1n) is 4.44. The summed E-state index contributed by atoms with van der Waals surface area (Å²) < 4.78 is 0. The Labute approximate surface area is 92.4 Å². The van der Waals surface area contributed by atoms with Gasteiger partial charge < -0.3 is 0 Å². The maximum Gasteiger partial charge on any atom is 0.136 e. The van der Waals surface area contributed by atoms with E-state index in [0.717, 1.165) is 16.8 Å². The molecule has 2 aromatic rings. The highest BCUT2D eigenvalue weighted by Gasteiger charge is 2.09. The molecule has 0 bridgehead atoms. The summed E-state index contributed by atoms with van der Waals surface area (Å²) in [6, 6.07) is 0. The van der Waals surface area contributed by atoms with Gasteiger partial charge in [-0.15, -0.1) is 0 Å². The van der Waals surface area contributed by atoms with Crippen LogP contribution in [0.3, 0.4) is 0 Å². The topological polar surface area (TPSA) is 51.6 Å². The van der Waals surface area contributed by atoms with Crippen LogP contribution in [0.4, 0.5) is 0 Å². The molecule has 0 saturated carbocycles. The van der Waals surface area contributed by atoms with E-state index in [1.807, 2.05) is 6.92 Å². The summed E-state index contributed by atoms with van der Waals surface area (Å²) in [5, 5.41) is 0.473. The molecular weight excluding hydrogens is 212 g/mol. The molecule has 0 aromatic carbocycles. The Bertz CT molecular complexity index is 484. The van der Waals surface area contributed by atoms with E-state index in [2.05, 4.69) is 19.9 Å². The fourth-order valence-electron chi connectivity index (χ4n) is 1.30. The smallest absolute Gasteiger partial charge is 0.136 e. The largest absolute Gasteiger partial charge is 0.244 e. The van der Waals surface area contributed by atoms with Crippen molar-refractivity contribution >= 4 is 11.6 Å². The Morgan fingerprint density at radius 2 is 1.73 bits per heavy atom. The maximum absolute atomic E-state index is 5.98. The highest BCUT2D eigenvalue weighted by Crippen LogP contribution is 2.23. The second kappa shape index (κ2) is 3.90. The van der Waals surface area contributed by atoms with E-state index in [9.17, 15) is 0 Å². The SMILES string of the molecule is Cc1nc(Cl)c(C)c(-c2cncnc2)n1. The maximum atomic E-state index is 5.98. The van der Waals surface area contributed by atoms with Gasteiger partial charge in [0.15, 0.2) is 0 Å². The average molecular weight is 221 g/mol. The van der Waals surface area contributed by atoms with Crippen molar-refractivity contribution in [3.8, 4) is 11.3 Å². The molecule has 5 heteroatoms. The summed E-state index contributed by atoms with van der Waals surface area (Å²) in [4.78, 5) is 16.3. The van der Waals surface area contributed by atoms with Gasteiger partial charge in [0.05, 0.1) is 5.69 Å². The van der Waals surface area contributed by atoms with Crippen molar-refractivity contribution in [3.05, 3.63) is 35.3 Å². The number of aromatic nitrogens is 4. The molecule has 0 aliphatic carbocycles. The van der Waals surface area contributed by atoms with Gasteiger partial charge >= 0.3 is 0 Å². The normalized spacial score (nSPS) is 10.3.